The molecule has 0 aliphatic carbocycles. The molecule has 3 rings (SSSR count). The fourth-order valence-electron chi connectivity index (χ4n) is 3.25. The molecule has 0 aromatic heterocycles. The summed E-state index contributed by atoms with van der Waals surface area (Å²) in [6.07, 6.45) is 1.79. The van der Waals surface area contributed by atoms with E-state index < -0.39 is 10.0 Å². The van der Waals surface area contributed by atoms with Crippen molar-refractivity contribution >= 4 is 27.3 Å². The second kappa shape index (κ2) is 6.99. The predicted octanol–water partition coefficient (Wildman–Crippen LogP) is 3.05. The molecule has 0 bridgehead atoms. The third-order valence-electron chi connectivity index (χ3n) is 4.28. The van der Waals surface area contributed by atoms with Gasteiger partial charge < -0.3 is 10.1 Å². The number of hydrogen-bond donors (Lipinski definition) is 1. The molecule has 0 spiro atoms. The van der Waals surface area contributed by atoms with Gasteiger partial charge in [-0.2, -0.15) is 0 Å². The number of sulfonamides is 1. The first kappa shape index (κ1) is 18.3. The monoisotopic (exact) mass is 374 g/mol. The lowest BCUT2D eigenvalue weighted by Crippen LogP contribution is -2.34. The fraction of sp³-hybridized carbons (Fsp3) is 0.316. The maximum Gasteiger partial charge on any atom is 0.255 e. The Morgan fingerprint density at radius 2 is 1.92 bits per heavy atom. The Bertz CT molecular complexity index is 923. The highest BCUT2D eigenvalue weighted by molar-refractivity contribution is 7.92. The quantitative estimate of drug-likeness (QED) is 0.873. The summed E-state index contributed by atoms with van der Waals surface area (Å²) >= 11 is 0. The van der Waals surface area contributed by atoms with Crippen LogP contribution in [-0.4, -0.2) is 33.2 Å². The minimum absolute atomic E-state index is 0.149. The fourth-order valence-corrected chi connectivity index (χ4v) is 4.52. The van der Waals surface area contributed by atoms with Gasteiger partial charge in [-0.25, -0.2) is 8.42 Å². The Balaban J connectivity index is 1.79. The summed E-state index contributed by atoms with van der Waals surface area (Å²) in [4.78, 5) is 12.5. The summed E-state index contributed by atoms with van der Waals surface area (Å²) in [5, 5.41) is 2.85. The van der Waals surface area contributed by atoms with E-state index in [9.17, 15) is 13.2 Å². The Morgan fingerprint density at radius 3 is 2.54 bits per heavy atom. The molecule has 1 atom stereocenters. The number of fused-ring (bicyclic) bond motifs is 1. The Kier molecular flexibility index (Phi) is 4.91. The molecule has 0 radical (unpaired) electrons. The van der Waals surface area contributed by atoms with Crippen LogP contribution in [0.4, 0.5) is 11.4 Å². The molecule has 2 aromatic carbocycles. The summed E-state index contributed by atoms with van der Waals surface area (Å²) in [6, 6.07) is 12.1. The van der Waals surface area contributed by atoms with Crippen LogP contribution in [0.5, 0.6) is 5.75 Å². The van der Waals surface area contributed by atoms with E-state index in [0.29, 0.717) is 30.0 Å². The SMILES string of the molecule is CCOc1ccc(NC(=O)c2ccc3c(c2)C[C@@H](C)N3S(C)(=O)=O)cc1. The first-order valence-corrected chi connectivity index (χ1v) is 10.3. The standard InChI is InChI=1S/C19H22N2O4S/c1-4-25-17-8-6-16(7-9-17)20-19(22)14-5-10-18-15(12-14)11-13(2)21(18)26(3,23)24/h5-10,12-13H,4,11H2,1-3H3,(H,20,22)/t13-/m1/s1. The zero-order valence-electron chi connectivity index (χ0n) is 15.0. The van der Waals surface area contributed by atoms with Crippen LogP contribution in [0.25, 0.3) is 0 Å². The van der Waals surface area contributed by atoms with Gasteiger partial charge in [-0.1, -0.05) is 0 Å². The largest absolute Gasteiger partial charge is 0.494 e. The number of benzene rings is 2. The number of rotatable bonds is 5. The number of amides is 1. The molecule has 7 heteroatoms. The summed E-state index contributed by atoms with van der Waals surface area (Å²) in [5.41, 5.74) is 2.69. The lowest BCUT2D eigenvalue weighted by atomic mass is 10.1. The molecule has 2 aromatic rings. The van der Waals surface area contributed by atoms with Gasteiger partial charge in [0.1, 0.15) is 5.75 Å². The summed E-state index contributed by atoms with van der Waals surface area (Å²) in [6.45, 7) is 4.36. The normalized spacial score (nSPS) is 16.3. The van der Waals surface area contributed by atoms with Crippen LogP contribution in [0.15, 0.2) is 42.5 Å². The lowest BCUT2D eigenvalue weighted by molar-refractivity contribution is 0.102. The van der Waals surface area contributed by atoms with Gasteiger partial charge in [-0.3, -0.25) is 9.10 Å². The van der Waals surface area contributed by atoms with Gasteiger partial charge in [-0.15, -0.1) is 0 Å². The molecule has 1 aliphatic rings. The van der Waals surface area contributed by atoms with Gasteiger partial charge in [0.15, 0.2) is 0 Å². The van der Waals surface area contributed by atoms with Crippen molar-refractivity contribution in [3.05, 3.63) is 53.6 Å². The maximum atomic E-state index is 12.5. The third kappa shape index (κ3) is 3.67. The number of carbonyl (C=O) groups excluding carboxylic acids is 1. The van der Waals surface area contributed by atoms with Crippen molar-refractivity contribution in [2.75, 3.05) is 22.5 Å². The van der Waals surface area contributed by atoms with Crippen LogP contribution >= 0.6 is 0 Å². The van der Waals surface area contributed by atoms with E-state index in [-0.39, 0.29) is 11.9 Å². The first-order valence-electron chi connectivity index (χ1n) is 8.46. The van der Waals surface area contributed by atoms with Gasteiger partial charge in [0.25, 0.3) is 5.91 Å². The molecular formula is C19H22N2O4S. The molecule has 6 nitrogen and oxygen atoms in total. The highest BCUT2D eigenvalue weighted by Crippen LogP contribution is 2.34. The molecule has 1 heterocycles. The topological polar surface area (TPSA) is 75.7 Å². The van der Waals surface area contributed by atoms with Crippen LogP contribution in [0.1, 0.15) is 29.8 Å². The van der Waals surface area contributed by atoms with E-state index in [1.807, 2.05) is 13.8 Å². The molecule has 138 valence electrons. The van der Waals surface area contributed by atoms with Gasteiger partial charge >= 0.3 is 0 Å². The molecule has 1 aliphatic heterocycles. The summed E-state index contributed by atoms with van der Waals surface area (Å²) in [7, 11) is -3.33. The third-order valence-corrected chi connectivity index (χ3v) is 5.55. The number of hydrogen-bond acceptors (Lipinski definition) is 4. The van der Waals surface area contributed by atoms with Gasteiger partial charge in [-0.05, 0) is 68.3 Å². The smallest absolute Gasteiger partial charge is 0.255 e. The highest BCUT2D eigenvalue weighted by atomic mass is 32.2. The highest BCUT2D eigenvalue weighted by Gasteiger charge is 2.32. The average Bonchev–Trinajstić information content (AvgIpc) is 2.91. The molecule has 0 saturated heterocycles. The minimum Gasteiger partial charge on any atom is -0.494 e. The first-order chi connectivity index (χ1) is 12.3. The average molecular weight is 374 g/mol. The van der Waals surface area contributed by atoms with E-state index >= 15 is 0 Å². The zero-order valence-corrected chi connectivity index (χ0v) is 15.8. The predicted molar refractivity (Wildman–Crippen MR) is 102 cm³/mol. The zero-order chi connectivity index (χ0) is 18.9. The van der Waals surface area contributed by atoms with E-state index in [0.717, 1.165) is 11.3 Å². The van der Waals surface area contributed by atoms with Crippen molar-refractivity contribution < 1.29 is 17.9 Å². The Labute approximate surface area is 153 Å². The Hall–Kier alpha value is -2.54. The van der Waals surface area contributed by atoms with Crippen LogP contribution in [0.3, 0.4) is 0 Å². The Morgan fingerprint density at radius 1 is 1.23 bits per heavy atom. The molecule has 1 N–H and O–H groups in total. The second-order valence-corrected chi connectivity index (χ2v) is 8.23. The van der Waals surface area contributed by atoms with Crippen LogP contribution < -0.4 is 14.4 Å². The molecule has 1 amide bonds. The van der Waals surface area contributed by atoms with Crippen LogP contribution in [-0.2, 0) is 16.4 Å². The van der Waals surface area contributed by atoms with Crippen molar-refractivity contribution in [3.63, 3.8) is 0 Å². The van der Waals surface area contributed by atoms with Crippen molar-refractivity contribution in [2.45, 2.75) is 26.3 Å². The number of nitrogens with one attached hydrogen (secondary N) is 1. The number of anilines is 2. The number of nitrogens with zero attached hydrogens (tertiary/aromatic N) is 1. The van der Waals surface area contributed by atoms with Crippen LogP contribution in [0.2, 0.25) is 0 Å². The van der Waals surface area contributed by atoms with Crippen molar-refractivity contribution in [1.82, 2.24) is 0 Å². The lowest BCUT2D eigenvalue weighted by Gasteiger charge is -2.21. The molecular weight excluding hydrogens is 352 g/mol. The minimum atomic E-state index is -3.33. The van der Waals surface area contributed by atoms with Crippen molar-refractivity contribution in [1.29, 1.82) is 0 Å². The van der Waals surface area contributed by atoms with E-state index in [2.05, 4.69) is 5.32 Å². The van der Waals surface area contributed by atoms with Gasteiger partial charge in [0.2, 0.25) is 10.0 Å². The summed E-state index contributed by atoms with van der Waals surface area (Å²) < 4.78 is 30.7. The molecule has 0 fully saturated rings. The van der Waals surface area contributed by atoms with Crippen molar-refractivity contribution in [2.24, 2.45) is 0 Å². The van der Waals surface area contributed by atoms with Gasteiger partial charge in [0.05, 0.1) is 18.6 Å². The molecule has 0 saturated carbocycles. The summed E-state index contributed by atoms with van der Waals surface area (Å²) in [5.74, 6) is 0.514. The van der Waals surface area contributed by atoms with Crippen LogP contribution in [0, 0.1) is 0 Å². The number of ether oxygens (including phenoxy) is 1. The second-order valence-electron chi connectivity index (χ2n) is 6.37. The van der Waals surface area contributed by atoms with Gasteiger partial charge in [0, 0.05) is 17.3 Å². The van der Waals surface area contributed by atoms with E-state index in [1.165, 1.54) is 10.6 Å². The van der Waals surface area contributed by atoms with Crippen molar-refractivity contribution in [3.8, 4) is 5.75 Å². The molecule has 26 heavy (non-hydrogen) atoms. The maximum absolute atomic E-state index is 12.5. The van der Waals surface area contributed by atoms with E-state index in [4.69, 9.17) is 4.74 Å². The number of carbonyl (C=O) groups is 1. The van der Waals surface area contributed by atoms with E-state index in [1.54, 1.807) is 42.5 Å². The molecule has 0 unspecified atom stereocenters.